The minimum absolute atomic E-state index is 0.0974. The van der Waals surface area contributed by atoms with Crippen LogP contribution < -0.4 is 0 Å². The molecule has 0 aromatic heterocycles. The van der Waals surface area contributed by atoms with Gasteiger partial charge >= 0.3 is 0 Å². The second kappa shape index (κ2) is 8.17. The van der Waals surface area contributed by atoms with Gasteiger partial charge in [0.15, 0.2) is 0 Å². The van der Waals surface area contributed by atoms with Crippen LogP contribution in [0.3, 0.4) is 0 Å². The third-order valence-corrected chi connectivity index (χ3v) is 5.58. The number of allylic oxidation sites excluding steroid dienone is 6. The largest absolute Gasteiger partial charge is 0.206 e. The lowest BCUT2D eigenvalue weighted by molar-refractivity contribution is 0.661. The van der Waals surface area contributed by atoms with Crippen LogP contribution in [-0.4, -0.2) is 0 Å². The van der Waals surface area contributed by atoms with Gasteiger partial charge in [0.2, 0.25) is 0 Å². The van der Waals surface area contributed by atoms with E-state index >= 15 is 4.39 Å². The highest BCUT2D eigenvalue weighted by Crippen LogP contribution is 2.40. The summed E-state index contributed by atoms with van der Waals surface area (Å²) in [7, 11) is 0. The van der Waals surface area contributed by atoms with Crippen molar-refractivity contribution < 1.29 is 4.39 Å². The third-order valence-electron chi connectivity index (χ3n) is 5.58. The fourth-order valence-electron chi connectivity index (χ4n) is 3.77. The summed E-state index contributed by atoms with van der Waals surface area (Å²) in [6, 6.07) is 0. The summed E-state index contributed by atoms with van der Waals surface area (Å²) in [6.07, 6.45) is 1.97. The molecule has 0 saturated carbocycles. The smallest absolute Gasteiger partial charge is 0.134 e. The summed E-state index contributed by atoms with van der Waals surface area (Å²) in [5, 5.41) is 0. The van der Waals surface area contributed by atoms with Gasteiger partial charge in [-0.05, 0) is 113 Å². The van der Waals surface area contributed by atoms with E-state index in [-0.39, 0.29) is 5.83 Å². The fourth-order valence-corrected chi connectivity index (χ4v) is 3.77. The van der Waals surface area contributed by atoms with Crippen LogP contribution >= 0.6 is 0 Å². The average Bonchev–Trinajstić information content (AvgIpc) is 2.54. The van der Waals surface area contributed by atoms with Crippen molar-refractivity contribution in [3.8, 4) is 0 Å². The van der Waals surface area contributed by atoms with E-state index in [1.54, 1.807) is 0 Å². The molecule has 0 aliphatic heterocycles. The van der Waals surface area contributed by atoms with Gasteiger partial charge < -0.3 is 0 Å². The van der Waals surface area contributed by atoms with E-state index in [1.165, 1.54) is 27.8 Å². The topological polar surface area (TPSA) is 0 Å². The second-order valence-electron chi connectivity index (χ2n) is 7.73. The number of hydrogen-bond acceptors (Lipinski definition) is 0. The van der Waals surface area contributed by atoms with Gasteiger partial charge in [-0.3, -0.25) is 0 Å². The lowest BCUT2D eigenvalue weighted by Gasteiger charge is -2.25. The van der Waals surface area contributed by atoms with Crippen molar-refractivity contribution in [2.75, 3.05) is 0 Å². The Labute approximate surface area is 154 Å². The zero-order chi connectivity index (χ0) is 19.6. The molecule has 0 unspecified atom stereocenters. The molecule has 0 amide bonds. The van der Waals surface area contributed by atoms with Gasteiger partial charge in [0.25, 0.3) is 0 Å². The van der Waals surface area contributed by atoms with E-state index in [4.69, 9.17) is 0 Å². The van der Waals surface area contributed by atoms with Crippen molar-refractivity contribution in [1.29, 1.82) is 0 Å². The van der Waals surface area contributed by atoms with E-state index in [0.717, 1.165) is 27.9 Å². The summed E-state index contributed by atoms with van der Waals surface area (Å²) >= 11 is 0. The van der Waals surface area contributed by atoms with Crippen LogP contribution in [-0.2, 0) is 0 Å². The van der Waals surface area contributed by atoms with Crippen LogP contribution in [0.25, 0.3) is 5.57 Å². The number of halogens is 1. The third kappa shape index (κ3) is 3.97. The van der Waals surface area contributed by atoms with E-state index in [9.17, 15) is 0 Å². The molecule has 0 bridgehead atoms. The molecule has 1 aromatic rings. The Balaban J connectivity index is 3.99. The van der Waals surface area contributed by atoms with Gasteiger partial charge in [-0.2, -0.15) is 0 Å². The average molecular weight is 343 g/mol. The van der Waals surface area contributed by atoms with Gasteiger partial charge in [0, 0.05) is 5.57 Å². The van der Waals surface area contributed by atoms with E-state index in [2.05, 4.69) is 41.5 Å². The first-order chi connectivity index (χ1) is 11.5. The van der Waals surface area contributed by atoms with Crippen molar-refractivity contribution in [1.82, 2.24) is 0 Å². The predicted octanol–water partition coefficient (Wildman–Crippen LogP) is 8.05. The summed E-state index contributed by atoms with van der Waals surface area (Å²) in [4.78, 5) is 0. The highest BCUT2D eigenvalue weighted by molar-refractivity contribution is 5.85. The summed E-state index contributed by atoms with van der Waals surface area (Å²) in [6.45, 7) is 22.9. The van der Waals surface area contributed by atoms with Crippen LogP contribution in [0, 0.1) is 27.7 Å². The Morgan fingerprint density at radius 3 is 1.76 bits per heavy atom. The van der Waals surface area contributed by atoms with Crippen molar-refractivity contribution >= 4 is 5.57 Å². The van der Waals surface area contributed by atoms with Gasteiger partial charge in [-0.25, -0.2) is 4.39 Å². The van der Waals surface area contributed by atoms with E-state index in [1.807, 2.05) is 40.7 Å². The zero-order valence-electron chi connectivity index (χ0n) is 18.0. The Morgan fingerprint density at radius 2 is 1.36 bits per heavy atom. The van der Waals surface area contributed by atoms with Gasteiger partial charge in [0.05, 0.1) is 0 Å². The Kier molecular flexibility index (Phi) is 6.99. The van der Waals surface area contributed by atoms with Crippen LogP contribution in [0.5, 0.6) is 0 Å². The monoisotopic (exact) mass is 342 g/mol. The van der Waals surface area contributed by atoms with Crippen LogP contribution in [0.2, 0.25) is 0 Å². The van der Waals surface area contributed by atoms with Crippen LogP contribution in [0.4, 0.5) is 4.39 Å². The lowest BCUT2D eigenvalue weighted by atomic mass is 9.80. The summed E-state index contributed by atoms with van der Waals surface area (Å²) < 4.78 is 15.5. The number of benzene rings is 1. The molecular formula is C24H35F. The molecule has 1 heteroatoms. The minimum atomic E-state index is -0.0974. The Hall–Kier alpha value is -1.63. The molecule has 0 saturated heterocycles. The van der Waals surface area contributed by atoms with Gasteiger partial charge in [-0.15, -0.1) is 0 Å². The summed E-state index contributed by atoms with van der Waals surface area (Å²) in [5.74, 6) is 0.321. The first-order valence-corrected chi connectivity index (χ1v) is 9.25. The Bertz CT molecular complexity index is 764. The molecule has 0 nitrogen and oxygen atoms in total. The molecule has 0 atom stereocenters. The second-order valence-corrected chi connectivity index (χ2v) is 7.73. The fraction of sp³-hybridized carbons (Fsp3) is 0.500. The maximum absolute atomic E-state index is 15.5. The van der Waals surface area contributed by atoms with Crippen molar-refractivity contribution in [3.05, 3.63) is 62.0 Å². The lowest BCUT2D eigenvalue weighted by Crippen LogP contribution is -2.08. The number of rotatable bonds is 4. The van der Waals surface area contributed by atoms with Gasteiger partial charge in [0.1, 0.15) is 5.83 Å². The summed E-state index contributed by atoms with van der Waals surface area (Å²) in [5.41, 5.74) is 10.9. The quantitative estimate of drug-likeness (QED) is 0.485. The standard InChI is InChI=1S/C24H35F/c1-12-15(6)16(7)24(25)22(14(4)5)23-19(10)17(8)18(9)21(13(2)3)20(23)11/h12-13H,1-11H3/b15-12+,24-16+. The van der Waals surface area contributed by atoms with Crippen molar-refractivity contribution in [3.63, 3.8) is 0 Å². The first kappa shape index (κ1) is 21.4. The van der Waals surface area contributed by atoms with E-state index in [0.29, 0.717) is 5.92 Å². The molecule has 0 aliphatic carbocycles. The normalized spacial score (nSPS) is 13.2. The molecule has 0 N–H and O–H groups in total. The Morgan fingerprint density at radius 1 is 0.840 bits per heavy atom. The minimum Gasteiger partial charge on any atom is -0.206 e. The number of hydrogen-bond donors (Lipinski definition) is 0. The molecule has 0 radical (unpaired) electrons. The van der Waals surface area contributed by atoms with Gasteiger partial charge in [-0.1, -0.05) is 25.5 Å². The molecule has 1 aromatic carbocycles. The molecule has 138 valence electrons. The highest BCUT2D eigenvalue weighted by Gasteiger charge is 2.23. The molecule has 0 spiro atoms. The molecule has 0 aliphatic rings. The molecular weight excluding hydrogens is 307 g/mol. The molecule has 25 heavy (non-hydrogen) atoms. The molecule has 1 rings (SSSR count). The zero-order valence-corrected chi connectivity index (χ0v) is 18.0. The molecule has 0 heterocycles. The van der Waals surface area contributed by atoms with Crippen molar-refractivity contribution in [2.45, 2.75) is 82.1 Å². The SMILES string of the molecule is C/C=C(C)/C(C)=C(/F)C(=C(C)C)c1c(C)c(C)c(C)c(C(C)C)c1C. The first-order valence-electron chi connectivity index (χ1n) is 9.25. The highest BCUT2D eigenvalue weighted by atomic mass is 19.1. The van der Waals surface area contributed by atoms with Crippen molar-refractivity contribution in [2.24, 2.45) is 0 Å². The maximum Gasteiger partial charge on any atom is 0.134 e. The molecule has 0 fully saturated rings. The van der Waals surface area contributed by atoms with Crippen LogP contribution in [0.1, 0.15) is 87.8 Å². The van der Waals surface area contributed by atoms with E-state index < -0.39 is 0 Å². The predicted molar refractivity (Wildman–Crippen MR) is 111 cm³/mol. The van der Waals surface area contributed by atoms with Crippen LogP contribution in [0.15, 0.2) is 28.6 Å². The maximum atomic E-state index is 15.5.